The predicted molar refractivity (Wildman–Crippen MR) is 70.6 cm³/mol. The van der Waals surface area contributed by atoms with Crippen LogP contribution in [0.5, 0.6) is 0 Å². The van der Waals surface area contributed by atoms with Crippen molar-refractivity contribution < 1.29 is 18.7 Å². The van der Waals surface area contributed by atoms with Crippen LogP contribution in [0.15, 0.2) is 18.3 Å². The van der Waals surface area contributed by atoms with Crippen molar-refractivity contribution in [2.45, 2.75) is 26.1 Å². The lowest BCUT2D eigenvalue weighted by molar-refractivity contribution is -0.153. The van der Waals surface area contributed by atoms with E-state index in [1.165, 1.54) is 12.3 Å². The molecule has 0 saturated carbocycles. The van der Waals surface area contributed by atoms with Crippen molar-refractivity contribution in [3.05, 3.63) is 29.8 Å². The Morgan fingerprint density at radius 2 is 2.25 bits per heavy atom. The minimum absolute atomic E-state index is 0.189. The highest BCUT2D eigenvalue weighted by molar-refractivity contribution is 5.93. The summed E-state index contributed by atoms with van der Waals surface area (Å²) in [5, 5.41) is 2.77. The van der Waals surface area contributed by atoms with Crippen LogP contribution in [0.4, 0.5) is 4.39 Å². The van der Waals surface area contributed by atoms with Crippen LogP contribution in [0.1, 0.15) is 30.6 Å². The maximum Gasteiger partial charge on any atom is 0.251 e. The molecular weight excluding hydrogens is 263 g/mol. The topological polar surface area (TPSA) is 60.5 Å². The molecule has 20 heavy (non-hydrogen) atoms. The molecule has 1 aromatic rings. The highest BCUT2D eigenvalue weighted by atomic mass is 19.1. The third-order valence-corrected chi connectivity index (χ3v) is 3.22. The van der Waals surface area contributed by atoms with Gasteiger partial charge in [0.05, 0.1) is 13.2 Å². The number of halogens is 1. The molecule has 1 fully saturated rings. The van der Waals surface area contributed by atoms with E-state index < -0.39 is 11.7 Å². The number of ether oxygens (including phenoxy) is 2. The second-order valence-corrected chi connectivity index (χ2v) is 5.22. The first-order valence-corrected chi connectivity index (χ1v) is 6.66. The number of nitrogens with zero attached hydrogens (tertiary/aromatic N) is 1. The molecule has 5 nitrogen and oxygen atoms in total. The van der Waals surface area contributed by atoms with Crippen molar-refractivity contribution in [3.63, 3.8) is 0 Å². The van der Waals surface area contributed by atoms with Crippen LogP contribution in [0.25, 0.3) is 0 Å². The first-order valence-electron chi connectivity index (χ1n) is 6.66. The van der Waals surface area contributed by atoms with Crippen LogP contribution in [0.2, 0.25) is 0 Å². The molecule has 0 aliphatic carbocycles. The lowest BCUT2D eigenvalue weighted by atomic mass is 10.0. The number of aromatic nitrogens is 1. The molecule has 1 N–H and O–H groups in total. The van der Waals surface area contributed by atoms with Gasteiger partial charge < -0.3 is 14.8 Å². The fourth-order valence-corrected chi connectivity index (χ4v) is 2.29. The minimum atomic E-state index is -0.661. The van der Waals surface area contributed by atoms with Crippen LogP contribution >= 0.6 is 0 Å². The van der Waals surface area contributed by atoms with E-state index in [1.807, 2.05) is 13.8 Å². The van der Waals surface area contributed by atoms with E-state index >= 15 is 0 Å². The highest BCUT2D eigenvalue weighted by Gasteiger charge is 2.32. The summed E-state index contributed by atoms with van der Waals surface area (Å²) < 4.78 is 24.0. The number of amides is 1. The number of hydrogen-bond donors (Lipinski definition) is 1. The molecule has 6 heteroatoms. The van der Waals surface area contributed by atoms with Gasteiger partial charge in [-0.25, -0.2) is 4.98 Å². The summed E-state index contributed by atoms with van der Waals surface area (Å²) in [7, 11) is 0. The van der Waals surface area contributed by atoms with E-state index in [9.17, 15) is 9.18 Å². The van der Waals surface area contributed by atoms with Gasteiger partial charge in [-0.05, 0) is 18.9 Å². The monoisotopic (exact) mass is 282 g/mol. The fraction of sp³-hybridized carbons (Fsp3) is 0.571. The number of carbonyl (C=O) groups excluding carboxylic acids is 1. The van der Waals surface area contributed by atoms with Gasteiger partial charge >= 0.3 is 0 Å². The van der Waals surface area contributed by atoms with Crippen molar-refractivity contribution in [3.8, 4) is 0 Å². The van der Waals surface area contributed by atoms with Crippen LogP contribution in [-0.4, -0.2) is 36.4 Å². The van der Waals surface area contributed by atoms with Gasteiger partial charge in [-0.1, -0.05) is 6.92 Å². The molecule has 0 radical (unpaired) electrons. The Balaban J connectivity index is 1.81. The van der Waals surface area contributed by atoms with Crippen molar-refractivity contribution in [2.24, 2.45) is 5.92 Å². The van der Waals surface area contributed by atoms with E-state index in [2.05, 4.69) is 10.3 Å². The zero-order valence-corrected chi connectivity index (χ0v) is 11.7. The minimum Gasteiger partial charge on any atom is -0.352 e. The van der Waals surface area contributed by atoms with Gasteiger partial charge in [0.2, 0.25) is 5.95 Å². The molecule has 1 aliphatic heterocycles. The molecule has 1 aromatic heterocycles. The first-order chi connectivity index (χ1) is 9.48. The summed E-state index contributed by atoms with van der Waals surface area (Å²) >= 11 is 0. The molecule has 0 aromatic carbocycles. The van der Waals surface area contributed by atoms with E-state index in [1.54, 1.807) is 0 Å². The third-order valence-electron chi connectivity index (χ3n) is 3.22. The molecule has 1 saturated heterocycles. The smallest absolute Gasteiger partial charge is 0.251 e. The maximum absolute atomic E-state index is 12.9. The molecule has 110 valence electrons. The molecule has 1 aliphatic rings. The Labute approximate surface area is 117 Å². The van der Waals surface area contributed by atoms with Crippen molar-refractivity contribution >= 4 is 5.91 Å². The Bertz CT molecular complexity index is 475. The highest BCUT2D eigenvalue weighted by Crippen LogP contribution is 2.26. The molecule has 1 unspecified atom stereocenters. The van der Waals surface area contributed by atoms with E-state index in [0.717, 1.165) is 6.07 Å². The average molecular weight is 282 g/mol. The largest absolute Gasteiger partial charge is 0.352 e. The summed E-state index contributed by atoms with van der Waals surface area (Å²) in [5.74, 6) is -1.34. The normalized spacial score (nSPS) is 18.8. The number of carbonyl (C=O) groups is 1. The zero-order valence-electron chi connectivity index (χ0n) is 11.7. The van der Waals surface area contributed by atoms with E-state index in [4.69, 9.17) is 9.47 Å². The van der Waals surface area contributed by atoms with Crippen molar-refractivity contribution in [2.75, 3.05) is 19.8 Å². The van der Waals surface area contributed by atoms with E-state index in [0.29, 0.717) is 26.2 Å². The number of nitrogens with one attached hydrogen (secondary N) is 1. The van der Waals surface area contributed by atoms with Gasteiger partial charge in [-0.3, -0.25) is 4.79 Å². The summed E-state index contributed by atoms with van der Waals surface area (Å²) in [6.07, 6.45) is 1.97. The Kier molecular flexibility index (Phi) is 4.67. The van der Waals surface area contributed by atoms with Gasteiger partial charge in [-0.15, -0.1) is 0 Å². The Morgan fingerprint density at radius 3 is 2.90 bits per heavy atom. The second kappa shape index (κ2) is 6.28. The third kappa shape index (κ3) is 3.98. The van der Waals surface area contributed by atoms with Gasteiger partial charge in [-0.2, -0.15) is 4.39 Å². The number of rotatable bonds is 5. The van der Waals surface area contributed by atoms with Crippen LogP contribution < -0.4 is 5.32 Å². The second-order valence-electron chi connectivity index (χ2n) is 5.22. The predicted octanol–water partition coefficient (Wildman–Crippen LogP) is 1.74. The van der Waals surface area contributed by atoms with Gasteiger partial charge in [0, 0.05) is 30.8 Å². The molecule has 2 heterocycles. The van der Waals surface area contributed by atoms with Gasteiger partial charge in [0.25, 0.3) is 5.91 Å². The lowest BCUT2D eigenvalue weighted by Crippen LogP contribution is -2.34. The van der Waals surface area contributed by atoms with Crippen molar-refractivity contribution in [1.29, 1.82) is 0 Å². The van der Waals surface area contributed by atoms with Crippen LogP contribution in [0.3, 0.4) is 0 Å². The number of hydrogen-bond acceptors (Lipinski definition) is 4. The van der Waals surface area contributed by atoms with E-state index in [-0.39, 0.29) is 17.4 Å². The SMILES string of the molecule is CC(CNC(=O)c1ccnc(F)c1)CC1(C)OCCO1. The van der Waals surface area contributed by atoms with Crippen molar-refractivity contribution in [1.82, 2.24) is 10.3 Å². The molecule has 0 spiro atoms. The standard InChI is InChI=1S/C14H19FN2O3/c1-10(8-14(2)19-5-6-20-14)9-17-13(18)11-3-4-16-12(15)7-11/h3-4,7,10H,5-6,8-9H2,1-2H3,(H,17,18). The van der Waals surface area contributed by atoms with Gasteiger partial charge in [0.15, 0.2) is 5.79 Å². The Hall–Kier alpha value is -1.53. The van der Waals surface area contributed by atoms with Crippen LogP contribution in [0, 0.1) is 11.9 Å². The average Bonchev–Trinajstić information content (AvgIpc) is 2.82. The number of pyridine rings is 1. The summed E-state index contributed by atoms with van der Waals surface area (Å²) in [4.78, 5) is 15.3. The lowest BCUT2D eigenvalue weighted by Gasteiger charge is -2.26. The summed E-state index contributed by atoms with van der Waals surface area (Å²) in [6.45, 7) is 5.59. The fourth-order valence-electron chi connectivity index (χ4n) is 2.29. The molecular formula is C14H19FN2O3. The maximum atomic E-state index is 12.9. The van der Waals surface area contributed by atoms with Gasteiger partial charge in [0.1, 0.15) is 0 Å². The summed E-state index contributed by atoms with van der Waals surface area (Å²) in [5.41, 5.74) is 0.268. The molecule has 1 atom stereocenters. The molecule has 1 amide bonds. The zero-order chi connectivity index (χ0) is 14.6. The van der Waals surface area contributed by atoms with Crippen LogP contribution in [-0.2, 0) is 9.47 Å². The quantitative estimate of drug-likeness (QED) is 0.836. The Morgan fingerprint density at radius 1 is 1.55 bits per heavy atom. The summed E-state index contributed by atoms with van der Waals surface area (Å²) in [6, 6.07) is 2.60. The first kappa shape index (κ1) is 14.9. The molecule has 0 bridgehead atoms. The molecule has 2 rings (SSSR count).